The molecule has 1 aromatic rings. The average Bonchev–Trinajstić information content (AvgIpc) is 2.19. The van der Waals surface area contributed by atoms with E-state index < -0.39 is 0 Å². The molecule has 0 aliphatic heterocycles. The van der Waals surface area contributed by atoms with E-state index in [-0.39, 0.29) is 0 Å². The Kier molecular flexibility index (Phi) is 4.85. The van der Waals surface area contributed by atoms with E-state index in [1.807, 2.05) is 0 Å². The van der Waals surface area contributed by atoms with E-state index in [4.69, 9.17) is 0 Å². The van der Waals surface area contributed by atoms with Gasteiger partial charge in [0, 0.05) is 10.7 Å². The zero-order chi connectivity index (χ0) is 11.6. The van der Waals surface area contributed by atoms with Gasteiger partial charge in [0.2, 0.25) is 0 Å². The molecule has 0 bridgehead atoms. The number of alkyl halides is 2. The summed E-state index contributed by atoms with van der Waals surface area (Å²) in [4.78, 5) is 0. The van der Waals surface area contributed by atoms with Crippen LogP contribution in [0.5, 0.6) is 0 Å². The van der Waals surface area contributed by atoms with Crippen molar-refractivity contribution in [1.29, 1.82) is 0 Å². The molecule has 1 aromatic carbocycles. The molecule has 0 unspecified atom stereocenters. The lowest BCUT2D eigenvalue weighted by atomic mass is 9.88. The number of hydrogen-bond acceptors (Lipinski definition) is 0. The monoisotopic (exact) mass is 332 g/mol. The summed E-state index contributed by atoms with van der Waals surface area (Å²) in [5.41, 5.74) is 8.82. The Hall–Kier alpha value is 0.180. The molecule has 0 aromatic heterocycles. The van der Waals surface area contributed by atoms with E-state index >= 15 is 0 Å². The summed E-state index contributed by atoms with van der Waals surface area (Å²) in [7, 11) is 0. The van der Waals surface area contributed by atoms with Gasteiger partial charge in [0.25, 0.3) is 0 Å². The van der Waals surface area contributed by atoms with Gasteiger partial charge in [-0.1, -0.05) is 38.8 Å². The molecule has 84 valence electrons. The fraction of sp³-hybridized carbons (Fsp3) is 0.538. The highest BCUT2D eigenvalue weighted by molar-refractivity contribution is 9.08. The maximum absolute atomic E-state index is 3.60. The molecule has 15 heavy (non-hydrogen) atoms. The van der Waals surface area contributed by atoms with E-state index in [2.05, 4.69) is 59.6 Å². The molecule has 0 saturated heterocycles. The lowest BCUT2D eigenvalue weighted by Crippen LogP contribution is -2.04. The van der Waals surface area contributed by atoms with Crippen LogP contribution in [0.2, 0.25) is 0 Å². The van der Waals surface area contributed by atoms with Crippen LogP contribution in [0.4, 0.5) is 0 Å². The molecule has 0 N–H and O–H groups in total. The SMILES string of the molecule is CCc1c(C)c(CBr)c(C)c(CBr)c1C. The third kappa shape index (κ3) is 2.31. The molecule has 0 aliphatic rings. The Morgan fingerprint density at radius 2 is 1.07 bits per heavy atom. The van der Waals surface area contributed by atoms with Gasteiger partial charge in [-0.25, -0.2) is 0 Å². The van der Waals surface area contributed by atoms with E-state index in [0.717, 1.165) is 17.1 Å². The highest BCUT2D eigenvalue weighted by atomic mass is 79.9. The molecule has 0 spiro atoms. The molecule has 0 heterocycles. The summed E-state index contributed by atoms with van der Waals surface area (Å²) in [5.74, 6) is 0. The Labute approximate surface area is 110 Å². The zero-order valence-corrected chi connectivity index (χ0v) is 13.0. The normalized spacial score (nSPS) is 10.8. The van der Waals surface area contributed by atoms with Gasteiger partial charge in [0.05, 0.1) is 0 Å². The van der Waals surface area contributed by atoms with Gasteiger partial charge in [-0.15, -0.1) is 0 Å². The van der Waals surface area contributed by atoms with E-state index in [1.165, 1.54) is 33.4 Å². The maximum Gasteiger partial charge on any atom is 0.0288 e. The molecule has 0 radical (unpaired) electrons. The van der Waals surface area contributed by atoms with Crippen molar-refractivity contribution >= 4 is 31.9 Å². The zero-order valence-electron chi connectivity index (χ0n) is 9.88. The summed E-state index contributed by atoms with van der Waals surface area (Å²) in [6.45, 7) is 8.95. The summed E-state index contributed by atoms with van der Waals surface area (Å²) in [5, 5.41) is 1.91. The van der Waals surface area contributed by atoms with Crippen LogP contribution in [0.1, 0.15) is 40.3 Å². The lowest BCUT2D eigenvalue weighted by molar-refractivity contribution is 1.03. The Morgan fingerprint density at radius 3 is 1.33 bits per heavy atom. The first-order valence-electron chi connectivity index (χ1n) is 5.30. The van der Waals surface area contributed by atoms with Crippen LogP contribution < -0.4 is 0 Å². The van der Waals surface area contributed by atoms with Crippen molar-refractivity contribution in [3.63, 3.8) is 0 Å². The van der Waals surface area contributed by atoms with Crippen LogP contribution in [-0.4, -0.2) is 0 Å². The standard InChI is InChI=1S/C13H18Br2/c1-5-11-8(2)12(6-14)10(4)13(7-15)9(11)3/h5-7H2,1-4H3. The topological polar surface area (TPSA) is 0 Å². The Morgan fingerprint density at radius 1 is 0.733 bits per heavy atom. The summed E-state index contributed by atoms with van der Waals surface area (Å²) in [6, 6.07) is 0. The molecular formula is C13H18Br2. The number of halogens is 2. The number of benzene rings is 1. The van der Waals surface area contributed by atoms with Crippen LogP contribution in [0.25, 0.3) is 0 Å². The minimum atomic E-state index is 0.956. The minimum absolute atomic E-state index is 0.956. The van der Waals surface area contributed by atoms with E-state index in [0.29, 0.717) is 0 Å². The van der Waals surface area contributed by atoms with Gasteiger partial charge in [-0.05, 0) is 60.6 Å². The fourth-order valence-corrected chi connectivity index (χ4v) is 4.00. The molecule has 0 nitrogen and oxygen atoms in total. The maximum atomic E-state index is 3.60. The van der Waals surface area contributed by atoms with Crippen molar-refractivity contribution < 1.29 is 0 Å². The average molecular weight is 334 g/mol. The smallest absolute Gasteiger partial charge is 0.0288 e. The molecule has 0 saturated carbocycles. The van der Waals surface area contributed by atoms with Gasteiger partial charge in [-0.3, -0.25) is 0 Å². The van der Waals surface area contributed by atoms with Gasteiger partial charge in [0.1, 0.15) is 0 Å². The third-order valence-corrected chi connectivity index (χ3v) is 4.46. The fourth-order valence-electron chi connectivity index (χ4n) is 2.32. The molecule has 2 heteroatoms. The number of rotatable bonds is 3. The van der Waals surface area contributed by atoms with Crippen LogP contribution in [-0.2, 0) is 17.1 Å². The molecule has 0 amide bonds. The largest absolute Gasteiger partial charge is 0.0876 e. The highest BCUT2D eigenvalue weighted by Gasteiger charge is 2.14. The van der Waals surface area contributed by atoms with Gasteiger partial charge >= 0.3 is 0 Å². The van der Waals surface area contributed by atoms with Crippen molar-refractivity contribution in [3.8, 4) is 0 Å². The van der Waals surface area contributed by atoms with Crippen LogP contribution >= 0.6 is 31.9 Å². The molecule has 0 atom stereocenters. The molecule has 0 fully saturated rings. The third-order valence-electron chi connectivity index (χ3n) is 3.34. The first kappa shape index (κ1) is 13.2. The van der Waals surface area contributed by atoms with Crippen LogP contribution in [0.3, 0.4) is 0 Å². The molecular weight excluding hydrogens is 316 g/mol. The Balaban J connectivity index is 3.57. The summed E-state index contributed by atoms with van der Waals surface area (Å²) >= 11 is 7.19. The quantitative estimate of drug-likeness (QED) is 0.685. The van der Waals surface area contributed by atoms with Crippen LogP contribution in [0.15, 0.2) is 0 Å². The van der Waals surface area contributed by atoms with Crippen molar-refractivity contribution in [2.24, 2.45) is 0 Å². The first-order valence-corrected chi connectivity index (χ1v) is 7.55. The van der Waals surface area contributed by atoms with E-state index in [9.17, 15) is 0 Å². The summed E-state index contributed by atoms with van der Waals surface area (Å²) in [6.07, 6.45) is 1.12. The van der Waals surface area contributed by atoms with Crippen molar-refractivity contribution in [3.05, 3.63) is 33.4 Å². The van der Waals surface area contributed by atoms with Crippen molar-refractivity contribution in [1.82, 2.24) is 0 Å². The predicted octanol–water partition coefficient (Wildman–Crippen LogP) is 4.96. The molecule has 1 rings (SSSR count). The Bertz CT molecular complexity index is 289. The van der Waals surface area contributed by atoms with Crippen LogP contribution in [0, 0.1) is 20.8 Å². The first-order chi connectivity index (χ1) is 7.08. The van der Waals surface area contributed by atoms with Gasteiger partial charge in [-0.2, -0.15) is 0 Å². The number of hydrogen-bond donors (Lipinski definition) is 0. The summed E-state index contributed by atoms with van der Waals surface area (Å²) < 4.78 is 0. The van der Waals surface area contributed by atoms with Gasteiger partial charge < -0.3 is 0 Å². The highest BCUT2D eigenvalue weighted by Crippen LogP contribution is 2.30. The predicted molar refractivity (Wildman–Crippen MR) is 75.3 cm³/mol. The minimum Gasteiger partial charge on any atom is -0.0876 e. The second kappa shape index (κ2) is 5.49. The van der Waals surface area contributed by atoms with Crippen molar-refractivity contribution in [2.75, 3.05) is 0 Å². The molecule has 0 aliphatic carbocycles. The van der Waals surface area contributed by atoms with E-state index in [1.54, 1.807) is 0 Å². The van der Waals surface area contributed by atoms with Gasteiger partial charge in [0.15, 0.2) is 0 Å². The second-order valence-corrected chi connectivity index (χ2v) is 5.05. The lowest BCUT2D eigenvalue weighted by Gasteiger charge is -2.19. The second-order valence-electron chi connectivity index (χ2n) is 3.93. The van der Waals surface area contributed by atoms with Crippen molar-refractivity contribution in [2.45, 2.75) is 44.8 Å².